The molecule has 3 rings (SSSR count). The number of aryl methyl sites for hydroxylation is 2. The maximum absolute atomic E-state index is 13.9. The summed E-state index contributed by atoms with van der Waals surface area (Å²) in [7, 11) is 6.83. The summed E-state index contributed by atoms with van der Waals surface area (Å²) in [6.45, 7) is 0.699. The summed E-state index contributed by atoms with van der Waals surface area (Å²) < 4.78 is 43.3. The van der Waals surface area contributed by atoms with Crippen molar-refractivity contribution in [3.63, 3.8) is 0 Å². The lowest BCUT2D eigenvalue weighted by molar-refractivity contribution is -0.138. The number of pyridine rings is 1. The number of aromatic nitrogens is 3. The molecule has 0 atom stereocenters. The summed E-state index contributed by atoms with van der Waals surface area (Å²) in [4.78, 5) is 23.4. The molecule has 0 bridgehead atoms. The van der Waals surface area contributed by atoms with Crippen molar-refractivity contribution in [2.75, 3.05) is 34.2 Å². The SMILES string of the molecule is CN(CCCc1ccc(-c2cc3c(ncn3C)c(C#N)n2)cc1C(F)(F)F)CC(=O)N(C)C. The molecule has 0 saturated carbocycles. The van der Waals surface area contributed by atoms with Crippen LogP contribution in [0.5, 0.6) is 0 Å². The normalized spacial score (nSPS) is 11.7. The quantitative estimate of drug-likeness (QED) is 0.542. The van der Waals surface area contributed by atoms with Crippen LogP contribution < -0.4 is 0 Å². The summed E-state index contributed by atoms with van der Waals surface area (Å²) in [5.74, 6) is -0.0625. The van der Waals surface area contributed by atoms with Crippen LogP contribution in [0, 0.1) is 11.3 Å². The molecule has 0 spiro atoms. The number of carbonyl (C=O) groups excluding carboxylic acids is 1. The van der Waals surface area contributed by atoms with Crippen LogP contribution >= 0.6 is 0 Å². The number of carbonyl (C=O) groups is 1. The molecule has 1 amide bonds. The Balaban J connectivity index is 1.86. The van der Waals surface area contributed by atoms with E-state index in [9.17, 15) is 23.2 Å². The molecule has 0 N–H and O–H groups in total. The van der Waals surface area contributed by atoms with Gasteiger partial charge in [0.2, 0.25) is 5.91 Å². The van der Waals surface area contributed by atoms with Gasteiger partial charge in [-0.25, -0.2) is 9.97 Å². The molecular weight excluding hydrogens is 433 g/mol. The molecule has 2 aromatic heterocycles. The van der Waals surface area contributed by atoms with Crippen LogP contribution in [-0.2, 0) is 24.4 Å². The first-order chi connectivity index (χ1) is 15.5. The van der Waals surface area contributed by atoms with E-state index in [-0.39, 0.29) is 41.4 Å². The number of rotatable bonds is 7. The Morgan fingerprint density at radius 3 is 2.58 bits per heavy atom. The number of amides is 1. The predicted octanol–water partition coefficient (Wildman–Crippen LogP) is 3.48. The molecule has 0 unspecified atom stereocenters. The first kappa shape index (κ1) is 24.2. The monoisotopic (exact) mass is 458 g/mol. The Kier molecular flexibility index (Phi) is 7.03. The topological polar surface area (TPSA) is 78.0 Å². The van der Waals surface area contributed by atoms with Crippen molar-refractivity contribution in [3.8, 4) is 17.3 Å². The third-order valence-electron chi connectivity index (χ3n) is 5.42. The lowest BCUT2D eigenvalue weighted by atomic mass is 9.97. The van der Waals surface area contributed by atoms with Gasteiger partial charge in [0.25, 0.3) is 0 Å². The van der Waals surface area contributed by atoms with Crippen molar-refractivity contribution < 1.29 is 18.0 Å². The van der Waals surface area contributed by atoms with Crippen LogP contribution in [0.25, 0.3) is 22.3 Å². The van der Waals surface area contributed by atoms with Gasteiger partial charge in [-0.15, -0.1) is 0 Å². The molecule has 0 radical (unpaired) electrons. The number of likely N-dealkylation sites (N-methyl/N-ethyl adjacent to an activating group) is 2. The predicted molar refractivity (Wildman–Crippen MR) is 118 cm³/mol. The Morgan fingerprint density at radius 2 is 1.94 bits per heavy atom. The first-order valence-corrected chi connectivity index (χ1v) is 10.3. The van der Waals surface area contributed by atoms with Crippen LogP contribution in [0.15, 0.2) is 30.6 Å². The van der Waals surface area contributed by atoms with Crippen molar-refractivity contribution in [3.05, 3.63) is 47.4 Å². The van der Waals surface area contributed by atoms with Crippen molar-refractivity contribution in [2.45, 2.75) is 19.0 Å². The van der Waals surface area contributed by atoms with E-state index in [1.54, 1.807) is 49.8 Å². The Hall–Kier alpha value is -3.45. The summed E-state index contributed by atoms with van der Waals surface area (Å²) >= 11 is 0. The molecule has 3 aromatic rings. The van der Waals surface area contributed by atoms with Gasteiger partial charge in [-0.1, -0.05) is 12.1 Å². The second-order valence-electron chi connectivity index (χ2n) is 8.19. The second-order valence-corrected chi connectivity index (χ2v) is 8.19. The fourth-order valence-electron chi connectivity index (χ4n) is 3.56. The molecule has 1 aromatic carbocycles. The molecule has 0 aliphatic heterocycles. The minimum atomic E-state index is -4.53. The molecule has 0 aliphatic carbocycles. The van der Waals surface area contributed by atoms with Crippen molar-refractivity contribution in [1.29, 1.82) is 5.26 Å². The third-order valence-corrected chi connectivity index (χ3v) is 5.42. The number of nitriles is 1. The highest BCUT2D eigenvalue weighted by Gasteiger charge is 2.33. The van der Waals surface area contributed by atoms with E-state index in [4.69, 9.17) is 0 Å². The van der Waals surface area contributed by atoms with Crippen LogP contribution in [0.3, 0.4) is 0 Å². The number of fused-ring (bicyclic) bond motifs is 1. The summed E-state index contributed by atoms with van der Waals surface area (Å²) in [5, 5.41) is 9.40. The number of imidazole rings is 1. The average molecular weight is 458 g/mol. The van der Waals surface area contributed by atoms with E-state index < -0.39 is 11.7 Å². The zero-order valence-electron chi connectivity index (χ0n) is 18.9. The molecule has 2 heterocycles. The molecule has 174 valence electrons. The van der Waals surface area contributed by atoms with Crippen molar-refractivity contribution in [1.82, 2.24) is 24.3 Å². The largest absolute Gasteiger partial charge is 0.416 e. The maximum Gasteiger partial charge on any atom is 0.416 e. The van der Waals surface area contributed by atoms with Gasteiger partial charge < -0.3 is 9.47 Å². The van der Waals surface area contributed by atoms with Crippen molar-refractivity contribution >= 4 is 16.9 Å². The van der Waals surface area contributed by atoms with E-state index in [1.807, 2.05) is 6.07 Å². The molecule has 0 aliphatic rings. The lowest BCUT2D eigenvalue weighted by Crippen LogP contribution is -2.34. The maximum atomic E-state index is 13.9. The van der Waals surface area contributed by atoms with Gasteiger partial charge in [0.15, 0.2) is 5.69 Å². The van der Waals surface area contributed by atoms with E-state index in [0.717, 1.165) is 6.07 Å². The molecule has 7 nitrogen and oxygen atoms in total. The number of halogens is 3. The van der Waals surface area contributed by atoms with Gasteiger partial charge in [0.1, 0.15) is 11.6 Å². The fraction of sp³-hybridized carbons (Fsp3) is 0.391. The minimum absolute atomic E-state index is 0.0625. The van der Waals surface area contributed by atoms with Crippen LogP contribution in [0.2, 0.25) is 0 Å². The van der Waals surface area contributed by atoms with Gasteiger partial charge in [-0.05, 0) is 44.1 Å². The second kappa shape index (κ2) is 9.58. The molecule has 10 heteroatoms. The van der Waals surface area contributed by atoms with Gasteiger partial charge in [0, 0.05) is 26.7 Å². The summed E-state index contributed by atoms with van der Waals surface area (Å²) in [6, 6.07) is 7.74. The van der Waals surface area contributed by atoms with Crippen LogP contribution in [-0.4, -0.2) is 64.5 Å². The Bertz CT molecular complexity index is 1210. The van der Waals surface area contributed by atoms with E-state index >= 15 is 0 Å². The lowest BCUT2D eigenvalue weighted by Gasteiger charge is -2.19. The van der Waals surface area contributed by atoms with Gasteiger partial charge >= 0.3 is 6.18 Å². The molecule has 0 fully saturated rings. The molecule has 0 saturated heterocycles. The number of hydrogen-bond donors (Lipinski definition) is 0. The third kappa shape index (κ3) is 5.49. The molecule has 33 heavy (non-hydrogen) atoms. The number of benzene rings is 1. The zero-order valence-corrected chi connectivity index (χ0v) is 18.9. The number of nitrogens with zero attached hydrogens (tertiary/aromatic N) is 6. The highest BCUT2D eigenvalue weighted by Crippen LogP contribution is 2.36. The minimum Gasteiger partial charge on any atom is -0.348 e. The smallest absolute Gasteiger partial charge is 0.348 e. The summed E-state index contributed by atoms with van der Waals surface area (Å²) in [6.07, 6.45) is -2.32. The highest BCUT2D eigenvalue weighted by atomic mass is 19.4. The van der Waals surface area contributed by atoms with Gasteiger partial charge in [-0.3, -0.25) is 9.69 Å². The van der Waals surface area contributed by atoms with E-state index in [0.29, 0.717) is 24.0 Å². The van der Waals surface area contributed by atoms with Gasteiger partial charge in [0.05, 0.1) is 29.6 Å². The number of hydrogen-bond acceptors (Lipinski definition) is 5. The standard InChI is InChI=1S/C23H25F3N6O/c1-30(2)21(33)13-31(3)9-5-6-15-7-8-16(10-17(15)23(24,25)26)18-11-20-22(19(12-27)29-18)28-14-32(20)4/h7-8,10-11,14H,5-6,9,13H2,1-4H3. The van der Waals surface area contributed by atoms with E-state index in [1.165, 1.54) is 17.3 Å². The first-order valence-electron chi connectivity index (χ1n) is 10.3. The number of alkyl halides is 3. The molecular formula is C23H25F3N6O. The average Bonchev–Trinajstić information content (AvgIpc) is 3.13. The summed E-state index contributed by atoms with van der Waals surface area (Å²) in [5.41, 5.74) is 1.10. The van der Waals surface area contributed by atoms with Crippen molar-refractivity contribution in [2.24, 2.45) is 7.05 Å². The Morgan fingerprint density at radius 1 is 1.21 bits per heavy atom. The Labute approximate surface area is 190 Å². The van der Waals surface area contributed by atoms with Crippen LogP contribution in [0.1, 0.15) is 23.2 Å². The zero-order chi connectivity index (χ0) is 24.3. The van der Waals surface area contributed by atoms with Gasteiger partial charge in [-0.2, -0.15) is 18.4 Å². The van der Waals surface area contributed by atoms with E-state index in [2.05, 4.69) is 9.97 Å². The van der Waals surface area contributed by atoms with Crippen LogP contribution in [0.4, 0.5) is 13.2 Å². The highest BCUT2D eigenvalue weighted by molar-refractivity contribution is 5.84. The fourth-order valence-corrected chi connectivity index (χ4v) is 3.56.